The summed E-state index contributed by atoms with van der Waals surface area (Å²) in [5.41, 5.74) is 0.821. The Labute approximate surface area is 140 Å². The van der Waals surface area contributed by atoms with E-state index in [-0.39, 0.29) is 5.91 Å². The minimum Gasteiger partial charge on any atom is -0.472 e. The third kappa shape index (κ3) is 2.84. The van der Waals surface area contributed by atoms with Gasteiger partial charge in [0.05, 0.1) is 18.4 Å². The van der Waals surface area contributed by atoms with Crippen molar-refractivity contribution in [3.8, 4) is 11.4 Å². The van der Waals surface area contributed by atoms with E-state index in [1.807, 2.05) is 11.0 Å². The molecule has 128 valence electrons. The van der Waals surface area contributed by atoms with Gasteiger partial charge in [-0.1, -0.05) is 5.16 Å². The molecule has 0 bridgehead atoms. The van der Waals surface area contributed by atoms with Crippen molar-refractivity contribution in [2.45, 2.75) is 51.2 Å². The first-order valence-electron chi connectivity index (χ1n) is 8.59. The summed E-state index contributed by atoms with van der Waals surface area (Å²) in [5, 5.41) is 4.03. The molecular formula is C17H22N4O3. The van der Waals surface area contributed by atoms with Crippen LogP contribution in [0.2, 0.25) is 0 Å². The van der Waals surface area contributed by atoms with Gasteiger partial charge in [-0.2, -0.15) is 4.98 Å². The van der Waals surface area contributed by atoms with Crippen LogP contribution in [0.5, 0.6) is 0 Å². The number of amides is 1. The number of rotatable bonds is 4. The van der Waals surface area contributed by atoms with E-state index in [2.05, 4.69) is 15.0 Å². The molecule has 0 spiro atoms. The summed E-state index contributed by atoms with van der Waals surface area (Å²) < 4.78 is 10.5. The van der Waals surface area contributed by atoms with Crippen LogP contribution in [0.3, 0.4) is 0 Å². The normalized spacial score (nSPS) is 24.8. The Morgan fingerprint density at radius 2 is 2.12 bits per heavy atom. The summed E-state index contributed by atoms with van der Waals surface area (Å²) in [6.07, 6.45) is 7.66. The highest BCUT2D eigenvalue weighted by atomic mass is 16.5. The molecule has 0 aromatic carbocycles. The van der Waals surface area contributed by atoms with Crippen molar-refractivity contribution in [1.29, 1.82) is 0 Å². The van der Waals surface area contributed by atoms with Crippen LogP contribution in [-0.2, 0) is 11.3 Å². The zero-order valence-electron chi connectivity index (χ0n) is 13.9. The predicted molar refractivity (Wildman–Crippen MR) is 85.8 cm³/mol. The zero-order chi connectivity index (χ0) is 16.5. The van der Waals surface area contributed by atoms with Gasteiger partial charge in [0.2, 0.25) is 17.6 Å². The van der Waals surface area contributed by atoms with Gasteiger partial charge in [0.15, 0.2) is 0 Å². The van der Waals surface area contributed by atoms with Crippen LogP contribution in [0.1, 0.15) is 38.5 Å². The third-order valence-electron chi connectivity index (χ3n) is 5.15. The van der Waals surface area contributed by atoms with Crippen LogP contribution in [0, 0.1) is 0 Å². The average Bonchev–Trinajstić information content (AvgIpc) is 3.35. The molecule has 24 heavy (non-hydrogen) atoms. The molecule has 2 fully saturated rings. The summed E-state index contributed by atoms with van der Waals surface area (Å²) in [7, 11) is 0. The van der Waals surface area contributed by atoms with Crippen molar-refractivity contribution >= 4 is 5.91 Å². The quantitative estimate of drug-likeness (QED) is 0.856. The second-order valence-electron chi connectivity index (χ2n) is 6.63. The van der Waals surface area contributed by atoms with Crippen molar-refractivity contribution in [3.05, 3.63) is 24.5 Å². The van der Waals surface area contributed by atoms with Gasteiger partial charge in [0.25, 0.3) is 0 Å². The molecule has 7 heteroatoms. The van der Waals surface area contributed by atoms with E-state index in [4.69, 9.17) is 8.94 Å². The van der Waals surface area contributed by atoms with Crippen molar-refractivity contribution in [2.75, 3.05) is 13.1 Å². The maximum Gasteiger partial charge on any atom is 0.241 e. The number of hydrogen-bond donors (Lipinski definition) is 0. The zero-order valence-corrected chi connectivity index (χ0v) is 13.9. The fraction of sp³-hybridized carbons (Fsp3) is 0.588. The van der Waals surface area contributed by atoms with E-state index in [0.717, 1.165) is 44.3 Å². The Bertz CT molecular complexity index is 697. The van der Waals surface area contributed by atoms with Gasteiger partial charge in [0.1, 0.15) is 6.26 Å². The molecule has 4 heterocycles. The summed E-state index contributed by atoms with van der Waals surface area (Å²) in [6.45, 7) is 4.20. The summed E-state index contributed by atoms with van der Waals surface area (Å²) in [4.78, 5) is 20.8. The number of furan rings is 1. The van der Waals surface area contributed by atoms with E-state index in [9.17, 15) is 4.79 Å². The molecule has 4 rings (SSSR count). The number of aromatic nitrogens is 2. The first-order chi connectivity index (χ1) is 11.7. The van der Waals surface area contributed by atoms with Crippen LogP contribution >= 0.6 is 0 Å². The van der Waals surface area contributed by atoms with E-state index < -0.39 is 0 Å². The molecule has 7 nitrogen and oxygen atoms in total. The number of likely N-dealkylation sites (tertiary alicyclic amines) is 2. The van der Waals surface area contributed by atoms with E-state index in [0.29, 0.717) is 30.3 Å². The van der Waals surface area contributed by atoms with Gasteiger partial charge >= 0.3 is 0 Å². The maximum atomic E-state index is 11.9. The number of hydrogen-bond acceptors (Lipinski definition) is 6. The lowest BCUT2D eigenvalue weighted by Gasteiger charge is -2.33. The molecule has 2 aliphatic rings. The van der Waals surface area contributed by atoms with Gasteiger partial charge in [-0.25, -0.2) is 0 Å². The van der Waals surface area contributed by atoms with Crippen molar-refractivity contribution in [3.63, 3.8) is 0 Å². The fourth-order valence-corrected chi connectivity index (χ4v) is 4.07. The van der Waals surface area contributed by atoms with Gasteiger partial charge < -0.3 is 13.8 Å². The highest BCUT2D eigenvalue weighted by molar-refractivity contribution is 5.74. The van der Waals surface area contributed by atoms with Gasteiger partial charge in [-0.15, -0.1) is 0 Å². The van der Waals surface area contributed by atoms with Crippen molar-refractivity contribution in [1.82, 2.24) is 19.9 Å². The Morgan fingerprint density at radius 3 is 2.92 bits per heavy atom. The summed E-state index contributed by atoms with van der Waals surface area (Å²) >= 11 is 0. The highest BCUT2D eigenvalue weighted by Gasteiger charge is 2.39. The summed E-state index contributed by atoms with van der Waals surface area (Å²) in [5.74, 6) is 1.36. The monoisotopic (exact) mass is 330 g/mol. The molecule has 2 atom stereocenters. The highest BCUT2D eigenvalue weighted by Crippen LogP contribution is 2.31. The molecule has 2 unspecified atom stereocenters. The topological polar surface area (TPSA) is 75.6 Å². The predicted octanol–water partition coefficient (Wildman–Crippen LogP) is 2.30. The second-order valence-corrected chi connectivity index (χ2v) is 6.63. The molecule has 0 aliphatic carbocycles. The minimum atomic E-state index is 0.185. The van der Waals surface area contributed by atoms with Crippen LogP contribution < -0.4 is 0 Å². The van der Waals surface area contributed by atoms with E-state index in [1.165, 1.54) is 0 Å². The molecule has 2 saturated heterocycles. The number of carbonyl (C=O) groups excluding carboxylic acids is 1. The Morgan fingerprint density at radius 1 is 1.29 bits per heavy atom. The molecule has 0 radical (unpaired) electrons. The van der Waals surface area contributed by atoms with Crippen molar-refractivity contribution < 1.29 is 13.7 Å². The van der Waals surface area contributed by atoms with Gasteiger partial charge in [-0.05, 0) is 38.3 Å². The maximum absolute atomic E-state index is 11.9. The number of carbonyl (C=O) groups is 1. The van der Waals surface area contributed by atoms with Gasteiger partial charge in [-0.3, -0.25) is 9.69 Å². The lowest BCUT2D eigenvalue weighted by Crippen LogP contribution is -2.47. The molecule has 2 aliphatic heterocycles. The van der Waals surface area contributed by atoms with E-state index >= 15 is 0 Å². The molecular weight excluding hydrogens is 308 g/mol. The van der Waals surface area contributed by atoms with Crippen LogP contribution in [0.15, 0.2) is 27.5 Å². The summed E-state index contributed by atoms with van der Waals surface area (Å²) in [6, 6.07) is 2.53. The van der Waals surface area contributed by atoms with Crippen molar-refractivity contribution in [2.24, 2.45) is 0 Å². The first kappa shape index (κ1) is 15.4. The van der Waals surface area contributed by atoms with Crippen LogP contribution in [0.25, 0.3) is 11.4 Å². The standard InChI is InChI=1S/C17H22N4O3/c1-12(22)21-8-3-5-15(21)14-4-2-7-20(14)10-16-18-17(19-24-16)13-6-9-23-11-13/h6,9,11,14-15H,2-5,7-8,10H2,1H3. The van der Waals surface area contributed by atoms with E-state index in [1.54, 1.807) is 19.5 Å². The molecule has 0 saturated carbocycles. The SMILES string of the molecule is CC(=O)N1CCCC1C1CCCN1Cc1nc(-c2ccoc2)no1. The Balaban J connectivity index is 1.47. The van der Waals surface area contributed by atoms with Crippen LogP contribution in [-0.4, -0.2) is 51.0 Å². The molecule has 0 N–H and O–H groups in total. The second kappa shape index (κ2) is 6.39. The fourth-order valence-electron chi connectivity index (χ4n) is 4.07. The minimum absolute atomic E-state index is 0.185. The molecule has 1 amide bonds. The smallest absolute Gasteiger partial charge is 0.241 e. The average molecular weight is 330 g/mol. The first-order valence-corrected chi connectivity index (χ1v) is 8.59. The third-order valence-corrected chi connectivity index (χ3v) is 5.15. The molecule has 2 aromatic heterocycles. The molecule has 2 aromatic rings. The lowest BCUT2D eigenvalue weighted by atomic mass is 10.0. The Hall–Kier alpha value is -2.15. The van der Waals surface area contributed by atoms with Crippen LogP contribution in [0.4, 0.5) is 0 Å². The Kier molecular flexibility index (Phi) is 4.10. The lowest BCUT2D eigenvalue weighted by molar-refractivity contribution is -0.130. The van der Waals surface area contributed by atoms with Gasteiger partial charge in [0, 0.05) is 25.6 Å². The number of nitrogens with zero attached hydrogens (tertiary/aromatic N) is 4. The largest absolute Gasteiger partial charge is 0.472 e.